The number of methoxy groups -OCH3 is 2. The number of anilines is 2. The summed E-state index contributed by atoms with van der Waals surface area (Å²) in [5.74, 6) is 2.66. The highest BCUT2D eigenvalue weighted by Crippen LogP contribution is 2.28. The lowest BCUT2D eigenvalue weighted by molar-refractivity contribution is 0.395. The molecular formula is C16H17N3O3. The Bertz CT molecular complexity index is 805. The molecule has 6 nitrogen and oxygen atoms in total. The van der Waals surface area contributed by atoms with E-state index >= 15 is 0 Å². The number of ether oxygens (including phenoxy) is 2. The van der Waals surface area contributed by atoms with Crippen molar-refractivity contribution in [3.8, 4) is 11.5 Å². The molecule has 0 saturated heterocycles. The van der Waals surface area contributed by atoms with Gasteiger partial charge in [-0.05, 0) is 19.9 Å². The van der Waals surface area contributed by atoms with Gasteiger partial charge in [-0.15, -0.1) is 0 Å². The Labute approximate surface area is 128 Å². The van der Waals surface area contributed by atoms with Gasteiger partial charge in [-0.3, -0.25) is 0 Å². The molecule has 0 radical (unpaired) electrons. The average Bonchev–Trinajstić information content (AvgIpc) is 2.87. The highest BCUT2D eigenvalue weighted by molar-refractivity contribution is 5.78. The number of benzene rings is 1. The Hall–Kier alpha value is -2.76. The molecule has 1 N–H and O–H groups in total. The van der Waals surface area contributed by atoms with Crippen molar-refractivity contribution in [1.82, 2.24) is 9.97 Å². The number of aryl methyl sites for hydroxylation is 2. The van der Waals surface area contributed by atoms with Crippen LogP contribution in [0.3, 0.4) is 0 Å². The minimum absolute atomic E-state index is 0.467. The van der Waals surface area contributed by atoms with Crippen LogP contribution < -0.4 is 14.8 Å². The van der Waals surface area contributed by atoms with Crippen molar-refractivity contribution >= 4 is 22.7 Å². The second-order valence-electron chi connectivity index (χ2n) is 4.93. The van der Waals surface area contributed by atoms with Crippen molar-refractivity contribution in [3.05, 3.63) is 35.7 Å². The number of rotatable bonds is 4. The number of hydrogen-bond donors (Lipinski definition) is 1. The quantitative estimate of drug-likeness (QED) is 0.793. The van der Waals surface area contributed by atoms with E-state index < -0.39 is 0 Å². The molecule has 6 heteroatoms. The van der Waals surface area contributed by atoms with Gasteiger partial charge in [0, 0.05) is 23.9 Å². The van der Waals surface area contributed by atoms with Crippen molar-refractivity contribution in [1.29, 1.82) is 0 Å². The Balaban J connectivity index is 1.99. The van der Waals surface area contributed by atoms with E-state index in [-0.39, 0.29) is 0 Å². The first-order valence-corrected chi connectivity index (χ1v) is 6.84. The van der Waals surface area contributed by atoms with E-state index in [0.717, 1.165) is 22.5 Å². The molecule has 0 saturated carbocycles. The Kier molecular flexibility index (Phi) is 3.58. The van der Waals surface area contributed by atoms with Crippen LogP contribution in [0.4, 0.5) is 11.6 Å². The minimum atomic E-state index is 0.467. The molecule has 2 aromatic heterocycles. The largest absolute Gasteiger partial charge is 0.497 e. The van der Waals surface area contributed by atoms with Crippen LogP contribution >= 0.6 is 0 Å². The third-order valence-electron chi connectivity index (χ3n) is 3.31. The Morgan fingerprint density at radius 3 is 2.27 bits per heavy atom. The maximum atomic E-state index is 5.58. The highest BCUT2D eigenvalue weighted by atomic mass is 16.5. The normalized spacial score (nSPS) is 10.7. The minimum Gasteiger partial charge on any atom is -0.497 e. The summed E-state index contributed by atoms with van der Waals surface area (Å²) < 4.78 is 16.1. The zero-order chi connectivity index (χ0) is 15.7. The van der Waals surface area contributed by atoms with Crippen molar-refractivity contribution in [2.45, 2.75) is 13.8 Å². The molecule has 1 aromatic carbocycles. The standard InChI is InChI=1S/C16H17N3O3/c1-9-5-14-10(2)17-16(19-15(14)22-9)18-11-6-12(20-3)8-13(7-11)21-4/h5-8H,1-4H3,(H,17,18,19). The van der Waals surface area contributed by atoms with Crippen molar-refractivity contribution in [2.24, 2.45) is 0 Å². The first-order valence-electron chi connectivity index (χ1n) is 6.84. The molecule has 22 heavy (non-hydrogen) atoms. The van der Waals surface area contributed by atoms with Crippen LogP contribution in [0.1, 0.15) is 11.5 Å². The van der Waals surface area contributed by atoms with Gasteiger partial charge in [-0.25, -0.2) is 4.98 Å². The molecule has 0 atom stereocenters. The molecule has 2 heterocycles. The van der Waals surface area contributed by atoms with Gasteiger partial charge in [0.25, 0.3) is 0 Å². The maximum absolute atomic E-state index is 5.58. The maximum Gasteiger partial charge on any atom is 0.231 e. The summed E-state index contributed by atoms with van der Waals surface area (Å²) in [5.41, 5.74) is 2.21. The predicted octanol–water partition coefficient (Wildman–Crippen LogP) is 3.60. The molecule has 0 aliphatic heterocycles. The Morgan fingerprint density at radius 2 is 1.64 bits per heavy atom. The van der Waals surface area contributed by atoms with Crippen LogP contribution in [0, 0.1) is 13.8 Å². The van der Waals surface area contributed by atoms with E-state index in [2.05, 4.69) is 15.3 Å². The van der Waals surface area contributed by atoms with Crippen molar-refractivity contribution in [2.75, 3.05) is 19.5 Å². The van der Waals surface area contributed by atoms with Gasteiger partial charge in [0.2, 0.25) is 11.7 Å². The van der Waals surface area contributed by atoms with Crippen molar-refractivity contribution < 1.29 is 13.9 Å². The van der Waals surface area contributed by atoms with E-state index in [4.69, 9.17) is 13.9 Å². The van der Waals surface area contributed by atoms with Crippen LogP contribution in [0.2, 0.25) is 0 Å². The van der Waals surface area contributed by atoms with Gasteiger partial charge in [-0.2, -0.15) is 4.98 Å². The third kappa shape index (κ3) is 2.67. The van der Waals surface area contributed by atoms with Gasteiger partial charge in [0.05, 0.1) is 25.3 Å². The fourth-order valence-electron chi connectivity index (χ4n) is 2.25. The van der Waals surface area contributed by atoms with Crippen LogP contribution in [0.15, 0.2) is 28.7 Å². The molecule has 0 fully saturated rings. The fraction of sp³-hybridized carbons (Fsp3) is 0.250. The van der Waals surface area contributed by atoms with Gasteiger partial charge in [0.1, 0.15) is 17.3 Å². The van der Waals surface area contributed by atoms with E-state index in [1.807, 2.05) is 32.0 Å². The zero-order valence-electron chi connectivity index (χ0n) is 12.9. The predicted molar refractivity (Wildman–Crippen MR) is 84.1 cm³/mol. The molecule has 0 aliphatic carbocycles. The Morgan fingerprint density at radius 1 is 0.955 bits per heavy atom. The lowest BCUT2D eigenvalue weighted by atomic mass is 10.2. The molecule has 0 unspecified atom stereocenters. The van der Waals surface area contributed by atoms with Gasteiger partial charge in [0.15, 0.2) is 0 Å². The smallest absolute Gasteiger partial charge is 0.231 e. The van der Waals surface area contributed by atoms with E-state index in [1.165, 1.54) is 0 Å². The number of hydrogen-bond acceptors (Lipinski definition) is 6. The SMILES string of the molecule is COc1cc(Nc2nc(C)c3cc(C)oc3n2)cc(OC)c1. The fourth-order valence-corrected chi connectivity index (χ4v) is 2.25. The van der Waals surface area contributed by atoms with Crippen LogP contribution in [0.25, 0.3) is 11.1 Å². The summed E-state index contributed by atoms with van der Waals surface area (Å²) in [7, 11) is 3.22. The number of nitrogens with zero attached hydrogens (tertiary/aromatic N) is 2. The molecule has 0 aliphatic rings. The zero-order valence-corrected chi connectivity index (χ0v) is 12.9. The molecular weight excluding hydrogens is 282 g/mol. The summed E-state index contributed by atoms with van der Waals surface area (Å²) >= 11 is 0. The lowest BCUT2D eigenvalue weighted by Gasteiger charge is -2.10. The summed E-state index contributed by atoms with van der Waals surface area (Å²) in [4.78, 5) is 8.85. The second kappa shape index (κ2) is 5.55. The number of furan rings is 1. The highest BCUT2D eigenvalue weighted by Gasteiger charge is 2.10. The molecule has 3 aromatic rings. The molecule has 114 valence electrons. The second-order valence-corrected chi connectivity index (χ2v) is 4.93. The number of aromatic nitrogens is 2. The summed E-state index contributed by atoms with van der Waals surface area (Å²) in [6.45, 7) is 3.82. The van der Waals surface area contributed by atoms with Gasteiger partial charge < -0.3 is 19.2 Å². The topological polar surface area (TPSA) is 69.4 Å². The van der Waals surface area contributed by atoms with Crippen LogP contribution in [-0.2, 0) is 0 Å². The molecule has 0 bridgehead atoms. The first-order chi connectivity index (χ1) is 10.6. The van der Waals surface area contributed by atoms with Gasteiger partial charge >= 0.3 is 0 Å². The summed E-state index contributed by atoms with van der Waals surface area (Å²) in [5, 5.41) is 4.08. The first kappa shape index (κ1) is 14.2. The lowest BCUT2D eigenvalue weighted by Crippen LogP contribution is -1.99. The van der Waals surface area contributed by atoms with Crippen LogP contribution in [-0.4, -0.2) is 24.2 Å². The number of fused-ring (bicyclic) bond motifs is 1. The van der Waals surface area contributed by atoms with Crippen molar-refractivity contribution in [3.63, 3.8) is 0 Å². The molecule has 0 amide bonds. The van der Waals surface area contributed by atoms with E-state index in [9.17, 15) is 0 Å². The van der Waals surface area contributed by atoms with E-state index in [0.29, 0.717) is 23.2 Å². The van der Waals surface area contributed by atoms with Crippen LogP contribution in [0.5, 0.6) is 11.5 Å². The van der Waals surface area contributed by atoms with E-state index in [1.54, 1.807) is 20.3 Å². The third-order valence-corrected chi connectivity index (χ3v) is 3.31. The van der Waals surface area contributed by atoms with Gasteiger partial charge in [-0.1, -0.05) is 0 Å². The summed E-state index contributed by atoms with van der Waals surface area (Å²) in [6, 6.07) is 7.43. The average molecular weight is 299 g/mol. The molecule has 0 spiro atoms. The monoisotopic (exact) mass is 299 g/mol. The molecule has 3 rings (SSSR count). The number of nitrogens with one attached hydrogen (secondary N) is 1. The summed E-state index contributed by atoms with van der Waals surface area (Å²) in [6.07, 6.45) is 0.